The van der Waals surface area contributed by atoms with Gasteiger partial charge in [0.05, 0.1) is 32.3 Å². The Hall–Kier alpha value is -2.50. The van der Waals surface area contributed by atoms with Gasteiger partial charge in [-0.2, -0.15) is 0 Å². The van der Waals surface area contributed by atoms with E-state index in [4.69, 9.17) is 21.1 Å². The quantitative estimate of drug-likeness (QED) is 0.731. The molecule has 148 valence electrons. The highest BCUT2D eigenvalue weighted by Gasteiger charge is 2.14. The molecule has 0 radical (unpaired) electrons. The van der Waals surface area contributed by atoms with Crippen LogP contribution in [0.25, 0.3) is 6.08 Å². The molecule has 2 aromatic carbocycles. The Morgan fingerprint density at radius 2 is 1.86 bits per heavy atom. The third-order valence-electron chi connectivity index (χ3n) is 4.30. The number of carbonyl (C=O) groups is 1. The largest absolute Gasteiger partial charge is 0.489 e. The highest BCUT2D eigenvalue weighted by atomic mass is 35.5. The Morgan fingerprint density at radius 3 is 2.61 bits per heavy atom. The molecule has 0 aromatic heterocycles. The van der Waals surface area contributed by atoms with Gasteiger partial charge in [0.1, 0.15) is 6.54 Å². The van der Waals surface area contributed by atoms with Crippen molar-refractivity contribution in [2.24, 2.45) is 0 Å². The number of benzene rings is 2. The normalized spacial score (nSPS) is 13.6. The van der Waals surface area contributed by atoms with Gasteiger partial charge in [0.25, 0.3) is 0 Å². The molecule has 1 heterocycles. The van der Waals surface area contributed by atoms with Crippen LogP contribution in [0.2, 0.25) is 5.02 Å². The molecular formula is C22H26ClN2O3+. The molecular weight excluding hydrogens is 376 g/mol. The van der Waals surface area contributed by atoms with Crippen LogP contribution < -0.4 is 19.7 Å². The van der Waals surface area contributed by atoms with E-state index in [0.717, 1.165) is 24.1 Å². The third kappa shape index (κ3) is 5.75. The maximum atomic E-state index is 12.1. The molecule has 2 N–H and O–H groups in total. The molecule has 1 aliphatic heterocycles. The van der Waals surface area contributed by atoms with E-state index in [1.54, 1.807) is 12.1 Å². The molecule has 0 atom stereocenters. The van der Waals surface area contributed by atoms with E-state index in [-0.39, 0.29) is 5.91 Å². The number of halogens is 1. The Kier molecular flexibility index (Phi) is 6.95. The van der Waals surface area contributed by atoms with Gasteiger partial charge in [-0.25, -0.2) is 0 Å². The van der Waals surface area contributed by atoms with Gasteiger partial charge >= 0.3 is 0 Å². The van der Waals surface area contributed by atoms with Crippen molar-refractivity contribution in [2.75, 3.05) is 27.3 Å². The highest BCUT2D eigenvalue weighted by Crippen LogP contribution is 2.38. The van der Waals surface area contributed by atoms with Crippen molar-refractivity contribution in [3.8, 4) is 11.5 Å². The van der Waals surface area contributed by atoms with Crippen molar-refractivity contribution in [3.63, 3.8) is 0 Å². The molecule has 0 unspecified atom stereocenters. The summed E-state index contributed by atoms with van der Waals surface area (Å²) >= 11 is 6.28. The summed E-state index contributed by atoms with van der Waals surface area (Å²) < 4.78 is 11.3. The second kappa shape index (κ2) is 9.62. The summed E-state index contributed by atoms with van der Waals surface area (Å²) in [5.74, 6) is 1.02. The lowest BCUT2D eigenvalue weighted by molar-refractivity contribution is -0.872. The first-order chi connectivity index (χ1) is 13.5. The number of hydrogen-bond donors (Lipinski definition) is 2. The molecule has 1 amide bonds. The number of rotatable bonds is 6. The number of nitrogens with one attached hydrogen (secondary N) is 2. The van der Waals surface area contributed by atoms with Crippen LogP contribution in [-0.4, -0.2) is 33.2 Å². The van der Waals surface area contributed by atoms with E-state index < -0.39 is 0 Å². The predicted octanol–water partition coefficient (Wildman–Crippen LogP) is 2.48. The van der Waals surface area contributed by atoms with Gasteiger partial charge in [0, 0.05) is 24.6 Å². The van der Waals surface area contributed by atoms with Crippen LogP contribution in [0.4, 0.5) is 0 Å². The van der Waals surface area contributed by atoms with Crippen LogP contribution in [-0.2, 0) is 17.9 Å². The maximum absolute atomic E-state index is 12.1. The summed E-state index contributed by atoms with van der Waals surface area (Å²) in [6.45, 7) is 2.64. The number of ether oxygens (including phenoxy) is 2. The van der Waals surface area contributed by atoms with Crippen molar-refractivity contribution in [2.45, 2.75) is 19.5 Å². The Morgan fingerprint density at radius 1 is 1.14 bits per heavy atom. The van der Waals surface area contributed by atoms with E-state index in [9.17, 15) is 4.79 Å². The number of carbonyl (C=O) groups excluding carboxylic acids is 1. The van der Waals surface area contributed by atoms with Gasteiger partial charge in [0.2, 0.25) is 5.91 Å². The molecule has 0 saturated heterocycles. The van der Waals surface area contributed by atoms with Crippen molar-refractivity contribution < 1.29 is 19.2 Å². The minimum absolute atomic E-state index is 0.162. The van der Waals surface area contributed by atoms with Gasteiger partial charge < -0.3 is 19.7 Å². The number of amides is 1. The third-order valence-corrected chi connectivity index (χ3v) is 4.58. The van der Waals surface area contributed by atoms with Crippen molar-refractivity contribution >= 4 is 23.6 Å². The molecule has 0 saturated carbocycles. The molecule has 5 nitrogen and oxygen atoms in total. The molecule has 2 aromatic rings. The molecule has 6 heteroatoms. The summed E-state index contributed by atoms with van der Waals surface area (Å²) in [4.78, 5) is 13.5. The van der Waals surface area contributed by atoms with Crippen LogP contribution in [0.3, 0.4) is 0 Å². The van der Waals surface area contributed by atoms with Gasteiger partial charge in [-0.15, -0.1) is 0 Å². The fourth-order valence-corrected chi connectivity index (χ4v) is 3.22. The van der Waals surface area contributed by atoms with E-state index >= 15 is 0 Å². The number of hydrogen-bond acceptors (Lipinski definition) is 3. The van der Waals surface area contributed by atoms with E-state index in [1.807, 2.05) is 18.2 Å². The molecule has 0 aliphatic carbocycles. The van der Waals surface area contributed by atoms with Crippen molar-refractivity contribution in [1.29, 1.82) is 0 Å². The standard InChI is InChI=1S/C22H25ClN2O3/c1-25(2)15-17-6-4-16(5-7-17)14-24-21(26)9-8-18-12-19(23)22-20(13-18)27-10-3-11-28-22/h4-9,12-13H,3,10-11,14-15H2,1-2H3,(H,24,26)/p+1/b9-8+. The zero-order chi connectivity index (χ0) is 19.9. The fraction of sp³-hybridized carbons (Fsp3) is 0.318. The van der Waals surface area contributed by atoms with Gasteiger partial charge in [-0.3, -0.25) is 4.79 Å². The van der Waals surface area contributed by atoms with E-state index in [0.29, 0.717) is 36.3 Å². The number of fused-ring (bicyclic) bond motifs is 1. The first kappa shape index (κ1) is 20.2. The zero-order valence-electron chi connectivity index (χ0n) is 16.3. The lowest BCUT2D eigenvalue weighted by Gasteiger charge is -2.10. The lowest BCUT2D eigenvalue weighted by Crippen LogP contribution is -3.04. The first-order valence-corrected chi connectivity index (χ1v) is 9.81. The maximum Gasteiger partial charge on any atom is 0.244 e. The van der Waals surface area contributed by atoms with Crippen LogP contribution in [0.5, 0.6) is 11.5 Å². The minimum atomic E-state index is -0.162. The minimum Gasteiger partial charge on any atom is -0.489 e. The fourth-order valence-electron chi connectivity index (χ4n) is 2.95. The first-order valence-electron chi connectivity index (χ1n) is 9.43. The average molecular weight is 402 g/mol. The molecule has 28 heavy (non-hydrogen) atoms. The Bertz CT molecular complexity index is 848. The smallest absolute Gasteiger partial charge is 0.244 e. The van der Waals surface area contributed by atoms with Crippen LogP contribution >= 0.6 is 11.6 Å². The van der Waals surface area contributed by atoms with E-state index in [2.05, 4.69) is 31.5 Å². The summed E-state index contributed by atoms with van der Waals surface area (Å²) in [7, 11) is 4.24. The molecule has 3 rings (SSSR count). The number of quaternary nitrogens is 1. The molecule has 0 spiro atoms. The Labute approximate surface area is 170 Å². The van der Waals surface area contributed by atoms with E-state index in [1.165, 1.54) is 16.5 Å². The lowest BCUT2D eigenvalue weighted by atomic mass is 10.1. The van der Waals surface area contributed by atoms with Gasteiger partial charge in [-0.05, 0) is 29.3 Å². The molecule has 0 fully saturated rings. The summed E-state index contributed by atoms with van der Waals surface area (Å²) in [6, 6.07) is 11.9. The monoisotopic (exact) mass is 401 g/mol. The Balaban J connectivity index is 1.56. The summed E-state index contributed by atoms with van der Waals surface area (Å²) in [6.07, 6.45) is 4.04. The van der Waals surface area contributed by atoms with Crippen molar-refractivity contribution in [1.82, 2.24) is 5.32 Å². The topological polar surface area (TPSA) is 52.0 Å². The van der Waals surface area contributed by atoms with Crippen LogP contribution in [0.1, 0.15) is 23.1 Å². The SMILES string of the molecule is C[NH+](C)Cc1ccc(CNC(=O)/C=C/c2cc(Cl)c3c(c2)OCCCO3)cc1. The second-order valence-electron chi connectivity index (χ2n) is 7.13. The second-order valence-corrected chi connectivity index (χ2v) is 7.54. The predicted molar refractivity (Wildman–Crippen MR) is 111 cm³/mol. The van der Waals surface area contributed by atoms with Crippen LogP contribution in [0.15, 0.2) is 42.5 Å². The molecule has 1 aliphatic rings. The summed E-state index contributed by atoms with van der Waals surface area (Å²) in [5, 5.41) is 3.38. The van der Waals surface area contributed by atoms with Gasteiger partial charge in [0.15, 0.2) is 11.5 Å². The average Bonchev–Trinajstić information content (AvgIpc) is 2.91. The summed E-state index contributed by atoms with van der Waals surface area (Å²) in [5.41, 5.74) is 3.14. The van der Waals surface area contributed by atoms with Gasteiger partial charge in [-0.1, -0.05) is 35.9 Å². The van der Waals surface area contributed by atoms with Crippen molar-refractivity contribution in [3.05, 3.63) is 64.2 Å². The highest BCUT2D eigenvalue weighted by molar-refractivity contribution is 6.32. The molecule has 0 bridgehead atoms. The van der Waals surface area contributed by atoms with Crippen LogP contribution in [0, 0.1) is 0 Å². The zero-order valence-corrected chi connectivity index (χ0v) is 17.0.